The second-order valence-electron chi connectivity index (χ2n) is 3.97. The highest BCUT2D eigenvalue weighted by molar-refractivity contribution is 9.10. The topological polar surface area (TPSA) is 26.0 Å². The van der Waals surface area contributed by atoms with Crippen molar-refractivity contribution in [3.8, 4) is 0 Å². The predicted octanol–water partition coefficient (Wildman–Crippen LogP) is 4.47. The van der Waals surface area contributed by atoms with Crippen LogP contribution in [0.5, 0.6) is 0 Å². The number of hydrogen-bond donors (Lipinski definition) is 1. The Kier molecular flexibility index (Phi) is 4.08. The van der Waals surface area contributed by atoms with E-state index < -0.39 is 0 Å². The van der Waals surface area contributed by atoms with Crippen molar-refractivity contribution in [3.05, 3.63) is 63.1 Å². The molecule has 0 aliphatic carbocycles. The molecule has 0 spiro atoms. The number of benzene rings is 2. The first kappa shape index (κ1) is 12.5. The fraction of sp³-hybridized carbons (Fsp3) is 0.143. The van der Waals surface area contributed by atoms with Gasteiger partial charge in [0.25, 0.3) is 0 Å². The lowest BCUT2D eigenvalue weighted by molar-refractivity contribution is 0.962. The monoisotopic (exact) mass is 309 g/mol. The molecule has 0 unspecified atom stereocenters. The zero-order valence-electron chi connectivity index (χ0n) is 9.29. The van der Waals surface area contributed by atoms with E-state index in [1.54, 1.807) is 0 Å². The molecule has 0 bridgehead atoms. The molecule has 0 fully saturated rings. The third-order valence-electron chi connectivity index (χ3n) is 2.70. The standard InChI is InChI=1S/C14H13BrClN/c15-12-5-8-14(17)11(9-12)4-1-10-2-6-13(16)7-3-10/h2-3,5-9H,1,4,17H2. The normalized spacial score (nSPS) is 10.5. The Labute approximate surface area is 115 Å². The summed E-state index contributed by atoms with van der Waals surface area (Å²) in [6, 6.07) is 13.9. The Balaban J connectivity index is 2.07. The molecule has 2 rings (SSSR count). The van der Waals surface area contributed by atoms with E-state index in [4.69, 9.17) is 17.3 Å². The smallest absolute Gasteiger partial charge is 0.0406 e. The summed E-state index contributed by atoms with van der Waals surface area (Å²) in [7, 11) is 0. The number of hydrogen-bond acceptors (Lipinski definition) is 1. The summed E-state index contributed by atoms with van der Waals surface area (Å²) in [6.07, 6.45) is 1.91. The van der Waals surface area contributed by atoms with Crippen LogP contribution >= 0.6 is 27.5 Å². The minimum absolute atomic E-state index is 0.774. The molecule has 0 heterocycles. The molecule has 3 heteroatoms. The highest BCUT2D eigenvalue weighted by Gasteiger charge is 2.01. The van der Waals surface area contributed by atoms with Crippen LogP contribution in [0.4, 0.5) is 5.69 Å². The van der Waals surface area contributed by atoms with Gasteiger partial charge in [0.15, 0.2) is 0 Å². The molecule has 0 aliphatic heterocycles. The molecule has 88 valence electrons. The first-order chi connectivity index (χ1) is 8.15. The molecule has 2 aromatic rings. The Morgan fingerprint density at radius 2 is 1.71 bits per heavy atom. The molecule has 2 aromatic carbocycles. The lowest BCUT2D eigenvalue weighted by atomic mass is 10.0. The number of halogens is 2. The zero-order chi connectivity index (χ0) is 12.3. The largest absolute Gasteiger partial charge is 0.399 e. The lowest BCUT2D eigenvalue weighted by Crippen LogP contribution is -1.97. The molecule has 0 aromatic heterocycles. The third kappa shape index (κ3) is 3.48. The van der Waals surface area contributed by atoms with Crippen molar-refractivity contribution in [1.29, 1.82) is 0 Å². The first-order valence-corrected chi connectivity index (χ1v) is 6.60. The van der Waals surface area contributed by atoms with E-state index in [9.17, 15) is 0 Å². The number of nitrogen functional groups attached to an aromatic ring is 1. The number of rotatable bonds is 3. The van der Waals surface area contributed by atoms with Gasteiger partial charge in [-0.2, -0.15) is 0 Å². The van der Waals surface area contributed by atoms with Crippen molar-refractivity contribution < 1.29 is 0 Å². The van der Waals surface area contributed by atoms with Gasteiger partial charge < -0.3 is 5.73 Å². The van der Waals surface area contributed by atoms with Gasteiger partial charge in [-0.15, -0.1) is 0 Å². The summed E-state index contributed by atoms with van der Waals surface area (Å²) in [5.74, 6) is 0. The average molecular weight is 311 g/mol. The van der Waals surface area contributed by atoms with Crippen LogP contribution in [-0.2, 0) is 12.8 Å². The first-order valence-electron chi connectivity index (χ1n) is 5.43. The maximum Gasteiger partial charge on any atom is 0.0406 e. The van der Waals surface area contributed by atoms with E-state index in [1.807, 2.05) is 24.3 Å². The lowest BCUT2D eigenvalue weighted by Gasteiger charge is -2.06. The highest BCUT2D eigenvalue weighted by atomic mass is 79.9. The molecular weight excluding hydrogens is 298 g/mol. The van der Waals surface area contributed by atoms with Crippen LogP contribution in [0.3, 0.4) is 0 Å². The predicted molar refractivity (Wildman–Crippen MR) is 77.4 cm³/mol. The van der Waals surface area contributed by atoms with Crippen LogP contribution < -0.4 is 5.73 Å². The zero-order valence-corrected chi connectivity index (χ0v) is 11.6. The number of nitrogens with two attached hydrogens (primary N) is 1. The second-order valence-corrected chi connectivity index (χ2v) is 5.32. The van der Waals surface area contributed by atoms with E-state index in [2.05, 4.69) is 34.1 Å². The van der Waals surface area contributed by atoms with Crippen LogP contribution in [0.2, 0.25) is 5.02 Å². The van der Waals surface area contributed by atoms with E-state index in [0.29, 0.717) is 0 Å². The maximum absolute atomic E-state index is 5.94. The summed E-state index contributed by atoms with van der Waals surface area (Å²) in [5.41, 5.74) is 9.23. The molecule has 0 atom stereocenters. The van der Waals surface area contributed by atoms with Gasteiger partial charge in [0.05, 0.1) is 0 Å². The fourth-order valence-corrected chi connectivity index (χ4v) is 2.26. The number of anilines is 1. The second kappa shape index (κ2) is 5.56. The quantitative estimate of drug-likeness (QED) is 0.832. The molecule has 0 aliphatic rings. The summed E-state index contributed by atoms with van der Waals surface area (Å²) < 4.78 is 1.07. The fourth-order valence-electron chi connectivity index (χ4n) is 1.72. The summed E-state index contributed by atoms with van der Waals surface area (Å²) in [4.78, 5) is 0. The van der Waals surface area contributed by atoms with Crippen molar-refractivity contribution in [2.24, 2.45) is 0 Å². The molecule has 0 amide bonds. The highest BCUT2D eigenvalue weighted by Crippen LogP contribution is 2.20. The molecule has 17 heavy (non-hydrogen) atoms. The van der Waals surface area contributed by atoms with Gasteiger partial charge in [-0.3, -0.25) is 0 Å². The molecular formula is C14H13BrClN. The van der Waals surface area contributed by atoms with Crippen LogP contribution in [0.1, 0.15) is 11.1 Å². The molecule has 0 radical (unpaired) electrons. The van der Waals surface area contributed by atoms with Gasteiger partial charge in [-0.1, -0.05) is 39.7 Å². The minimum atomic E-state index is 0.774. The van der Waals surface area contributed by atoms with E-state index in [0.717, 1.165) is 28.0 Å². The van der Waals surface area contributed by atoms with Gasteiger partial charge in [0.1, 0.15) is 0 Å². The Morgan fingerprint density at radius 1 is 1.00 bits per heavy atom. The van der Waals surface area contributed by atoms with Crippen molar-refractivity contribution in [3.63, 3.8) is 0 Å². The van der Waals surface area contributed by atoms with Gasteiger partial charge >= 0.3 is 0 Å². The average Bonchev–Trinajstić information content (AvgIpc) is 2.32. The summed E-state index contributed by atoms with van der Waals surface area (Å²) in [5, 5.41) is 0.774. The van der Waals surface area contributed by atoms with Gasteiger partial charge in [0.2, 0.25) is 0 Å². The molecule has 0 saturated carbocycles. The van der Waals surface area contributed by atoms with Crippen molar-refractivity contribution in [1.82, 2.24) is 0 Å². The molecule has 0 saturated heterocycles. The van der Waals surface area contributed by atoms with Gasteiger partial charge in [0, 0.05) is 15.2 Å². The van der Waals surface area contributed by atoms with Crippen LogP contribution in [-0.4, -0.2) is 0 Å². The van der Waals surface area contributed by atoms with Crippen LogP contribution in [0.25, 0.3) is 0 Å². The van der Waals surface area contributed by atoms with E-state index in [1.165, 1.54) is 11.1 Å². The van der Waals surface area contributed by atoms with Crippen LogP contribution in [0, 0.1) is 0 Å². The Hall–Kier alpha value is -0.990. The Morgan fingerprint density at radius 3 is 2.41 bits per heavy atom. The summed E-state index contributed by atoms with van der Waals surface area (Å²) >= 11 is 9.31. The third-order valence-corrected chi connectivity index (χ3v) is 3.45. The SMILES string of the molecule is Nc1ccc(Br)cc1CCc1ccc(Cl)cc1. The minimum Gasteiger partial charge on any atom is -0.399 e. The molecule has 2 N–H and O–H groups in total. The van der Waals surface area contributed by atoms with Crippen molar-refractivity contribution in [2.45, 2.75) is 12.8 Å². The van der Waals surface area contributed by atoms with Crippen molar-refractivity contribution in [2.75, 3.05) is 5.73 Å². The van der Waals surface area contributed by atoms with Crippen LogP contribution in [0.15, 0.2) is 46.9 Å². The number of aryl methyl sites for hydroxylation is 2. The summed E-state index contributed by atoms with van der Waals surface area (Å²) in [6.45, 7) is 0. The maximum atomic E-state index is 5.94. The van der Waals surface area contributed by atoms with Gasteiger partial charge in [-0.05, 0) is 54.3 Å². The Bertz CT molecular complexity index is 508. The molecule has 1 nitrogen and oxygen atoms in total. The van der Waals surface area contributed by atoms with E-state index >= 15 is 0 Å². The van der Waals surface area contributed by atoms with Crippen molar-refractivity contribution >= 4 is 33.2 Å². The van der Waals surface area contributed by atoms with E-state index in [-0.39, 0.29) is 0 Å². The van der Waals surface area contributed by atoms with Gasteiger partial charge in [-0.25, -0.2) is 0 Å².